The van der Waals surface area contributed by atoms with Gasteiger partial charge in [0.05, 0.1) is 5.92 Å². The van der Waals surface area contributed by atoms with Gasteiger partial charge in [0.25, 0.3) is 0 Å². The third kappa shape index (κ3) is 4.24. The molecule has 3 aromatic carbocycles. The summed E-state index contributed by atoms with van der Waals surface area (Å²) in [5, 5.41) is 2.81. The van der Waals surface area contributed by atoms with Crippen molar-refractivity contribution in [3.05, 3.63) is 72.3 Å². The molecule has 1 unspecified atom stereocenters. The number of amides is 2. The minimum absolute atomic E-state index is 0.0490. The van der Waals surface area contributed by atoms with Crippen LogP contribution >= 0.6 is 0 Å². The molecule has 2 aliphatic heterocycles. The fraction of sp³-hybridized carbons (Fsp3) is 0.200. The van der Waals surface area contributed by atoms with Gasteiger partial charge in [-0.2, -0.15) is 0 Å². The summed E-state index contributed by atoms with van der Waals surface area (Å²) in [7, 11) is 0. The zero-order chi connectivity index (χ0) is 22.9. The molecule has 0 aromatic heterocycles. The van der Waals surface area contributed by atoms with Crippen molar-refractivity contribution in [3.63, 3.8) is 0 Å². The Bertz CT molecular complexity index is 1230. The molecule has 168 valence electrons. The Labute approximate surface area is 188 Å². The highest BCUT2D eigenvalue weighted by Crippen LogP contribution is 2.36. The normalized spacial score (nSPS) is 17.2. The molecular weight excluding hydrogens is 430 g/mol. The number of carbonyl (C=O) groups excluding carboxylic acids is 2. The molecule has 6 nitrogen and oxygen atoms in total. The van der Waals surface area contributed by atoms with Crippen molar-refractivity contribution in [1.29, 1.82) is 0 Å². The number of halogens is 2. The van der Waals surface area contributed by atoms with Crippen molar-refractivity contribution in [2.24, 2.45) is 5.92 Å². The van der Waals surface area contributed by atoms with Crippen LogP contribution in [0.3, 0.4) is 0 Å². The fourth-order valence-corrected chi connectivity index (χ4v) is 4.06. The summed E-state index contributed by atoms with van der Waals surface area (Å²) in [5.41, 5.74) is 2.01. The average molecular weight is 450 g/mol. The predicted molar refractivity (Wildman–Crippen MR) is 118 cm³/mol. The lowest BCUT2D eigenvalue weighted by Gasteiger charge is -2.22. The van der Waals surface area contributed by atoms with Crippen molar-refractivity contribution in [3.8, 4) is 22.6 Å². The number of benzene rings is 3. The van der Waals surface area contributed by atoms with Gasteiger partial charge in [-0.3, -0.25) is 9.59 Å². The quantitative estimate of drug-likeness (QED) is 0.640. The molecule has 8 heteroatoms. The van der Waals surface area contributed by atoms with Gasteiger partial charge in [0, 0.05) is 36.0 Å². The molecular formula is C25H20F2N2O4. The maximum Gasteiger partial charge on any atom is 0.229 e. The van der Waals surface area contributed by atoms with Crippen molar-refractivity contribution < 1.29 is 27.8 Å². The Balaban J connectivity index is 1.34. The van der Waals surface area contributed by atoms with E-state index >= 15 is 0 Å². The summed E-state index contributed by atoms with van der Waals surface area (Å²) in [6.45, 7) is 1.11. The topological polar surface area (TPSA) is 67.9 Å². The molecule has 5 rings (SSSR count). The molecule has 33 heavy (non-hydrogen) atoms. The first-order valence-electron chi connectivity index (χ1n) is 10.5. The van der Waals surface area contributed by atoms with Crippen molar-refractivity contribution in [1.82, 2.24) is 0 Å². The Kier molecular flexibility index (Phi) is 5.42. The number of fused-ring (bicyclic) bond motifs is 1. The zero-order valence-electron chi connectivity index (χ0n) is 17.5. The summed E-state index contributed by atoms with van der Waals surface area (Å²) in [4.78, 5) is 27.2. The van der Waals surface area contributed by atoms with Gasteiger partial charge in [-0.1, -0.05) is 12.1 Å². The van der Waals surface area contributed by atoms with Crippen LogP contribution in [0.1, 0.15) is 6.42 Å². The van der Waals surface area contributed by atoms with Crippen LogP contribution in [0.15, 0.2) is 60.7 Å². The first-order chi connectivity index (χ1) is 16.0. The van der Waals surface area contributed by atoms with E-state index in [1.165, 1.54) is 42.5 Å². The second kappa shape index (κ2) is 8.54. The van der Waals surface area contributed by atoms with Crippen LogP contribution in [0.2, 0.25) is 0 Å². The maximum atomic E-state index is 13.9. The molecule has 1 fully saturated rings. The molecule has 1 saturated heterocycles. The van der Waals surface area contributed by atoms with Crippen LogP contribution in [-0.2, 0) is 9.59 Å². The summed E-state index contributed by atoms with van der Waals surface area (Å²) in [5.74, 6) is -0.817. The molecule has 0 bridgehead atoms. The molecule has 0 saturated carbocycles. The molecule has 2 amide bonds. The van der Waals surface area contributed by atoms with Crippen molar-refractivity contribution in [2.75, 3.05) is 30.0 Å². The van der Waals surface area contributed by atoms with Crippen molar-refractivity contribution in [2.45, 2.75) is 6.42 Å². The highest BCUT2D eigenvalue weighted by atomic mass is 19.1. The Morgan fingerprint density at radius 3 is 2.42 bits per heavy atom. The van der Waals surface area contributed by atoms with E-state index in [0.717, 1.165) is 0 Å². The number of anilines is 2. The maximum absolute atomic E-state index is 13.9. The lowest BCUT2D eigenvalue weighted by Crippen LogP contribution is -2.28. The predicted octanol–water partition coefficient (Wildman–Crippen LogP) is 4.39. The second-order valence-corrected chi connectivity index (χ2v) is 7.92. The monoisotopic (exact) mass is 450 g/mol. The molecule has 2 heterocycles. The van der Waals surface area contributed by atoms with Crippen LogP contribution in [0, 0.1) is 17.6 Å². The Hall–Kier alpha value is -3.94. The molecule has 0 spiro atoms. The van der Waals surface area contributed by atoms with Gasteiger partial charge in [0.15, 0.2) is 11.5 Å². The third-order valence-corrected chi connectivity index (χ3v) is 5.73. The molecule has 0 aliphatic carbocycles. The van der Waals surface area contributed by atoms with Gasteiger partial charge in [-0.15, -0.1) is 0 Å². The number of hydrogen-bond donors (Lipinski definition) is 1. The van der Waals surface area contributed by atoms with E-state index in [9.17, 15) is 18.4 Å². The Morgan fingerprint density at radius 2 is 1.64 bits per heavy atom. The van der Waals surface area contributed by atoms with Gasteiger partial charge < -0.3 is 19.7 Å². The minimum Gasteiger partial charge on any atom is -0.486 e. The second-order valence-electron chi connectivity index (χ2n) is 7.92. The van der Waals surface area contributed by atoms with Crippen LogP contribution in [-0.4, -0.2) is 31.6 Å². The van der Waals surface area contributed by atoms with Crippen molar-refractivity contribution >= 4 is 23.2 Å². The molecule has 1 N–H and O–H groups in total. The average Bonchev–Trinajstić information content (AvgIpc) is 3.22. The van der Waals surface area contributed by atoms with Crippen LogP contribution in [0.4, 0.5) is 20.2 Å². The van der Waals surface area contributed by atoms with Crippen LogP contribution in [0.25, 0.3) is 11.1 Å². The number of rotatable bonds is 4. The fourth-order valence-electron chi connectivity index (χ4n) is 4.06. The van der Waals surface area contributed by atoms with E-state index in [1.54, 1.807) is 23.1 Å². The van der Waals surface area contributed by atoms with Gasteiger partial charge in [-0.25, -0.2) is 8.78 Å². The standard InChI is InChI=1S/C25H20F2N2O4/c26-17-3-1-15(2-4-17)20-12-18(27)5-7-21(20)28-25(31)16-11-24(30)29(14-16)19-6-8-22-23(13-19)33-10-9-32-22/h1-8,12-13,16H,9-11,14H2,(H,28,31). The van der Waals surface area contributed by atoms with Gasteiger partial charge in [0.2, 0.25) is 11.8 Å². The van der Waals surface area contributed by atoms with E-state index in [1.807, 2.05) is 0 Å². The van der Waals surface area contributed by atoms with E-state index in [0.29, 0.717) is 47.2 Å². The highest BCUT2D eigenvalue weighted by molar-refractivity contribution is 6.04. The number of nitrogens with zero attached hydrogens (tertiary/aromatic N) is 1. The summed E-state index contributed by atoms with van der Waals surface area (Å²) < 4.78 is 38.3. The molecule has 2 aliphatic rings. The Morgan fingerprint density at radius 1 is 0.909 bits per heavy atom. The largest absolute Gasteiger partial charge is 0.486 e. The van der Waals surface area contributed by atoms with Crippen LogP contribution in [0.5, 0.6) is 11.5 Å². The van der Waals surface area contributed by atoms with Gasteiger partial charge in [0.1, 0.15) is 24.8 Å². The van der Waals surface area contributed by atoms with E-state index in [4.69, 9.17) is 9.47 Å². The number of nitrogens with one attached hydrogen (secondary N) is 1. The zero-order valence-corrected chi connectivity index (χ0v) is 17.5. The molecule has 3 aromatic rings. The van der Waals surface area contributed by atoms with E-state index < -0.39 is 17.6 Å². The summed E-state index contributed by atoms with van der Waals surface area (Å²) >= 11 is 0. The molecule has 0 radical (unpaired) electrons. The number of hydrogen-bond acceptors (Lipinski definition) is 4. The minimum atomic E-state index is -0.586. The van der Waals surface area contributed by atoms with E-state index in [2.05, 4.69) is 5.32 Å². The lowest BCUT2D eigenvalue weighted by atomic mass is 10.0. The first-order valence-corrected chi connectivity index (χ1v) is 10.5. The highest BCUT2D eigenvalue weighted by Gasteiger charge is 2.36. The van der Waals surface area contributed by atoms with Gasteiger partial charge >= 0.3 is 0 Å². The lowest BCUT2D eigenvalue weighted by molar-refractivity contribution is -0.122. The SMILES string of the molecule is O=C(Nc1ccc(F)cc1-c1ccc(F)cc1)C1CC(=O)N(c2ccc3c(c2)OCCO3)C1. The number of carbonyl (C=O) groups is 2. The summed E-state index contributed by atoms with van der Waals surface area (Å²) in [6, 6.07) is 14.8. The van der Waals surface area contributed by atoms with Gasteiger partial charge in [-0.05, 0) is 48.0 Å². The third-order valence-electron chi connectivity index (χ3n) is 5.73. The smallest absolute Gasteiger partial charge is 0.229 e. The first kappa shape index (κ1) is 20.9. The number of ether oxygens (including phenoxy) is 2. The van der Waals surface area contributed by atoms with E-state index in [-0.39, 0.29) is 24.8 Å². The summed E-state index contributed by atoms with van der Waals surface area (Å²) in [6.07, 6.45) is 0.0490. The van der Waals surface area contributed by atoms with Crippen LogP contribution < -0.4 is 19.7 Å². The molecule has 1 atom stereocenters.